The first kappa shape index (κ1) is 9.30. The Bertz CT molecular complexity index is 473. The molecule has 0 atom stereocenters. The first-order valence-electron chi connectivity index (χ1n) is 5.41. The zero-order valence-electron chi connectivity index (χ0n) is 8.81. The second-order valence-electron chi connectivity index (χ2n) is 3.96. The van der Waals surface area contributed by atoms with Crippen molar-refractivity contribution in [3.8, 4) is 0 Å². The van der Waals surface area contributed by atoms with Gasteiger partial charge in [0, 0.05) is 19.5 Å². The van der Waals surface area contributed by atoms with Gasteiger partial charge in [0.25, 0.3) is 0 Å². The van der Waals surface area contributed by atoms with Crippen molar-refractivity contribution in [2.45, 2.75) is 26.3 Å². The fourth-order valence-corrected chi connectivity index (χ4v) is 2.85. The first-order valence-corrected chi connectivity index (χ1v) is 6.29. The van der Waals surface area contributed by atoms with Crippen molar-refractivity contribution in [2.75, 3.05) is 13.1 Å². The molecule has 80 valence electrons. The molecule has 15 heavy (non-hydrogen) atoms. The molecule has 2 aromatic rings. The molecule has 4 nitrogen and oxygen atoms in total. The molecule has 0 amide bonds. The van der Waals surface area contributed by atoms with E-state index >= 15 is 0 Å². The normalized spacial score (nSPS) is 17.1. The van der Waals surface area contributed by atoms with Crippen molar-refractivity contribution >= 4 is 16.3 Å². The summed E-state index contributed by atoms with van der Waals surface area (Å²) in [5, 5.41) is 4.33. The van der Waals surface area contributed by atoms with E-state index in [2.05, 4.69) is 21.9 Å². The molecule has 1 aliphatic heterocycles. The van der Waals surface area contributed by atoms with E-state index in [1.165, 1.54) is 24.4 Å². The molecule has 3 rings (SSSR count). The lowest BCUT2D eigenvalue weighted by Crippen LogP contribution is -2.31. The molecule has 0 saturated heterocycles. The summed E-state index contributed by atoms with van der Waals surface area (Å²) in [6.45, 7) is 5.56. The van der Waals surface area contributed by atoms with Crippen LogP contribution in [0.1, 0.15) is 24.7 Å². The minimum atomic E-state index is 1.01. The van der Waals surface area contributed by atoms with Gasteiger partial charge in [0.05, 0.1) is 11.4 Å². The number of aromatic nitrogens is 3. The first-order chi connectivity index (χ1) is 7.38. The highest BCUT2D eigenvalue weighted by atomic mass is 32.1. The van der Waals surface area contributed by atoms with Gasteiger partial charge in [-0.2, -0.15) is 5.10 Å². The number of rotatable bonds is 2. The van der Waals surface area contributed by atoms with Crippen LogP contribution < -0.4 is 0 Å². The van der Waals surface area contributed by atoms with Gasteiger partial charge >= 0.3 is 0 Å². The van der Waals surface area contributed by atoms with Gasteiger partial charge in [-0.3, -0.25) is 4.90 Å². The number of hydrogen-bond donors (Lipinski definition) is 0. The van der Waals surface area contributed by atoms with Crippen molar-refractivity contribution < 1.29 is 0 Å². The molecule has 0 fully saturated rings. The van der Waals surface area contributed by atoms with Crippen LogP contribution in [0.15, 0.2) is 5.51 Å². The van der Waals surface area contributed by atoms with Crippen LogP contribution in [0.5, 0.6) is 0 Å². The summed E-state index contributed by atoms with van der Waals surface area (Å²) in [6.07, 6.45) is 2.29. The van der Waals surface area contributed by atoms with Crippen molar-refractivity contribution in [1.82, 2.24) is 19.5 Å². The maximum absolute atomic E-state index is 4.60. The van der Waals surface area contributed by atoms with Gasteiger partial charge in [-0.05, 0) is 13.0 Å². The van der Waals surface area contributed by atoms with Crippen molar-refractivity contribution in [2.24, 2.45) is 0 Å². The van der Waals surface area contributed by atoms with Crippen LogP contribution >= 0.6 is 11.3 Å². The van der Waals surface area contributed by atoms with E-state index in [-0.39, 0.29) is 0 Å². The Morgan fingerprint density at radius 1 is 1.53 bits per heavy atom. The fourth-order valence-electron chi connectivity index (χ4n) is 2.20. The van der Waals surface area contributed by atoms with Gasteiger partial charge in [0.2, 0.25) is 4.96 Å². The summed E-state index contributed by atoms with van der Waals surface area (Å²) in [7, 11) is 0. The summed E-state index contributed by atoms with van der Waals surface area (Å²) in [5.41, 5.74) is 4.41. The lowest BCUT2D eigenvalue weighted by molar-refractivity contribution is 0.248. The molecular formula is C10H14N4S. The third kappa shape index (κ3) is 1.46. The number of nitrogens with zero attached hydrogens (tertiary/aromatic N) is 4. The highest BCUT2D eigenvalue weighted by Gasteiger charge is 2.21. The van der Waals surface area contributed by atoms with E-state index in [0.29, 0.717) is 0 Å². The van der Waals surface area contributed by atoms with Gasteiger partial charge < -0.3 is 0 Å². The summed E-state index contributed by atoms with van der Waals surface area (Å²) in [4.78, 5) is 8.12. The molecule has 5 heteroatoms. The van der Waals surface area contributed by atoms with Gasteiger partial charge in [-0.25, -0.2) is 9.50 Å². The molecule has 0 N–H and O–H groups in total. The zero-order chi connectivity index (χ0) is 10.3. The fraction of sp³-hybridized carbons (Fsp3) is 0.600. The summed E-state index contributed by atoms with van der Waals surface area (Å²) in [6, 6.07) is 0. The molecule has 0 spiro atoms. The molecular weight excluding hydrogens is 208 g/mol. The van der Waals surface area contributed by atoms with Crippen LogP contribution in [0.25, 0.3) is 4.96 Å². The van der Waals surface area contributed by atoms with E-state index in [1.54, 1.807) is 11.3 Å². The topological polar surface area (TPSA) is 33.4 Å². The van der Waals surface area contributed by atoms with Crippen molar-refractivity contribution in [1.29, 1.82) is 0 Å². The van der Waals surface area contributed by atoms with Gasteiger partial charge in [-0.1, -0.05) is 18.3 Å². The predicted molar refractivity (Wildman–Crippen MR) is 60.1 cm³/mol. The van der Waals surface area contributed by atoms with E-state index in [0.717, 1.165) is 24.5 Å². The standard InChI is InChI=1S/C10H14N4S/c1-2-4-13-5-3-8-9(6-13)14-10(12-8)15-7-11-14/h7H,2-6H2,1H3. The van der Waals surface area contributed by atoms with Crippen molar-refractivity contribution in [3.05, 3.63) is 16.9 Å². The second kappa shape index (κ2) is 3.57. The summed E-state index contributed by atoms with van der Waals surface area (Å²) < 4.78 is 2.00. The van der Waals surface area contributed by atoms with E-state index in [9.17, 15) is 0 Å². The Morgan fingerprint density at radius 3 is 3.33 bits per heavy atom. The predicted octanol–water partition coefficient (Wildman–Crippen LogP) is 1.56. The highest BCUT2D eigenvalue weighted by molar-refractivity contribution is 7.14. The maximum Gasteiger partial charge on any atom is 0.212 e. The lowest BCUT2D eigenvalue weighted by atomic mass is 10.1. The Morgan fingerprint density at radius 2 is 2.47 bits per heavy atom. The monoisotopic (exact) mass is 222 g/mol. The third-order valence-corrected chi connectivity index (χ3v) is 3.57. The van der Waals surface area contributed by atoms with Crippen LogP contribution in [0.3, 0.4) is 0 Å². The summed E-state index contributed by atoms with van der Waals surface area (Å²) >= 11 is 1.62. The molecule has 0 saturated carbocycles. The van der Waals surface area contributed by atoms with Crippen LogP contribution in [0.4, 0.5) is 0 Å². The minimum Gasteiger partial charge on any atom is -0.297 e. The Kier molecular flexibility index (Phi) is 2.21. The Labute approximate surface area is 92.5 Å². The Hall–Kier alpha value is -0.940. The smallest absolute Gasteiger partial charge is 0.212 e. The zero-order valence-corrected chi connectivity index (χ0v) is 9.63. The average Bonchev–Trinajstić information content (AvgIpc) is 2.78. The number of hydrogen-bond acceptors (Lipinski definition) is 4. The second-order valence-corrected chi connectivity index (χ2v) is 4.78. The van der Waals surface area contributed by atoms with Crippen LogP contribution in [0, 0.1) is 0 Å². The Balaban J connectivity index is 1.98. The number of imidazole rings is 1. The van der Waals surface area contributed by atoms with Crippen LogP contribution in [-0.4, -0.2) is 32.6 Å². The van der Waals surface area contributed by atoms with Gasteiger partial charge in [0.15, 0.2) is 0 Å². The quantitative estimate of drug-likeness (QED) is 0.773. The molecule has 1 aliphatic rings. The molecule has 0 bridgehead atoms. The molecule has 0 unspecified atom stereocenters. The van der Waals surface area contributed by atoms with Gasteiger partial charge in [0.1, 0.15) is 5.51 Å². The van der Waals surface area contributed by atoms with E-state index in [4.69, 9.17) is 0 Å². The van der Waals surface area contributed by atoms with E-state index in [1.807, 2.05) is 10.0 Å². The lowest BCUT2D eigenvalue weighted by Gasteiger charge is -2.25. The molecule has 2 aromatic heterocycles. The minimum absolute atomic E-state index is 1.01. The van der Waals surface area contributed by atoms with Gasteiger partial charge in [-0.15, -0.1) is 0 Å². The molecule has 3 heterocycles. The van der Waals surface area contributed by atoms with E-state index < -0.39 is 0 Å². The summed E-state index contributed by atoms with van der Waals surface area (Å²) in [5.74, 6) is 0. The average molecular weight is 222 g/mol. The number of fused-ring (bicyclic) bond motifs is 3. The molecule has 0 aromatic carbocycles. The molecule has 0 radical (unpaired) electrons. The SMILES string of the molecule is CCCN1CCc2nc3scnn3c2C1. The molecule has 0 aliphatic carbocycles. The largest absolute Gasteiger partial charge is 0.297 e. The van der Waals surface area contributed by atoms with Crippen molar-refractivity contribution in [3.63, 3.8) is 0 Å². The van der Waals surface area contributed by atoms with Crippen LogP contribution in [0.2, 0.25) is 0 Å². The third-order valence-electron chi connectivity index (χ3n) is 2.90. The van der Waals surface area contributed by atoms with Crippen LogP contribution in [-0.2, 0) is 13.0 Å². The maximum atomic E-state index is 4.60. The highest BCUT2D eigenvalue weighted by Crippen LogP contribution is 2.21.